The lowest BCUT2D eigenvalue weighted by Crippen LogP contribution is -2.11. The van der Waals surface area contributed by atoms with Crippen molar-refractivity contribution in [3.8, 4) is 0 Å². The van der Waals surface area contributed by atoms with Crippen LogP contribution in [-0.4, -0.2) is 11.5 Å². The number of hydrogen-bond donors (Lipinski definition) is 1. The van der Waals surface area contributed by atoms with Gasteiger partial charge in [0.05, 0.1) is 5.52 Å². The molecule has 0 radical (unpaired) electrons. The van der Waals surface area contributed by atoms with Gasteiger partial charge in [0.1, 0.15) is 0 Å². The van der Waals surface area contributed by atoms with Crippen LogP contribution in [0.1, 0.15) is 25.7 Å². The molecule has 1 aromatic carbocycles. The lowest BCUT2D eigenvalue weighted by Gasteiger charge is -2.13. The monoisotopic (exact) mass is 260 g/mol. The highest BCUT2D eigenvalue weighted by atomic mass is 35.5. The maximum Gasteiger partial charge on any atom is 0.0737 e. The lowest BCUT2D eigenvalue weighted by atomic mass is 10.1. The Labute approximate surface area is 112 Å². The molecule has 94 valence electrons. The van der Waals surface area contributed by atoms with Crippen molar-refractivity contribution < 1.29 is 0 Å². The first-order valence-electron chi connectivity index (χ1n) is 6.61. The van der Waals surface area contributed by atoms with E-state index in [0.717, 1.165) is 28.4 Å². The molecule has 1 N–H and O–H groups in total. The molecule has 0 bridgehead atoms. The molecule has 2 aromatic rings. The molecular weight excluding hydrogens is 244 g/mol. The minimum absolute atomic E-state index is 0.739. The molecule has 0 unspecified atom stereocenters. The van der Waals surface area contributed by atoms with Gasteiger partial charge in [-0.2, -0.15) is 0 Å². The summed E-state index contributed by atoms with van der Waals surface area (Å²) in [5.41, 5.74) is 2.13. The number of nitrogens with zero attached hydrogens (tertiary/aromatic N) is 1. The Morgan fingerprint density at radius 3 is 2.89 bits per heavy atom. The van der Waals surface area contributed by atoms with Crippen molar-refractivity contribution in [3.63, 3.8) is 0 Å². The van der Waals surface area contributed by atoms with Crippen LogP contribution >= 0.6 is 11.6 Å². The van der Waals surface area contributed by atoms with Crippen molar-refractivity contribution in [1.29, 1.82) is 0 Å². The second kappa shape index (κ2) is 5.15. The zero-order valence-corrected chi connectivity index (χ0v) is 11.1. The van der Waals surface area contributed by atoms with Gasteiger partial charge in [0, 0.05) is 28.8 Å². The SMILES string of the molecule is Clc1ccc2c(NCC3CCCC3)ccnc2c1. The summed E-state index contributed by atoms with van der Waals surface area (Å²) in [4.78, 5) is 4.36. The quantitative estimate of drug-likeness (QED) is 0.880. The highest BCUT2D eigenvalue weighted by Crippen LogP contribution is 2.27. The number of rotatable bonds is 3. The summed E-state index contributed by atoms with van der Waals surface area (Å²) in [5.74, 6) is 0.834. The van der Waals surface area contributed by atoms with Gasteiger partial charge in [-0.1, -0.05) is 24.4 Å². The summed E-state index contributed by atoms with van der Waals surface area (Å²) in [6, 6.07) is 7.93. The van der Waals surface area contributed by atoms with Crippen LogP contribution in [0, 0.1) is 5.92 Å². The van der Waals surface area contributed by atoms with E-state index < -0.39 is 0 Å². The number of nitrogens with one attached hydrogen (secondary N) is 1. The van der Waals surface area contributed by atoms with Gasteiger partial charge in [-0.25, -0.2) is 0 Å². The zero-order valence-electron chi connectivity index (χ0n) is 10.3. The molecule has 1 saturated carbocycles. The van der Waals surface area contributed by atoms with Crippen LogP contribution in [0.25, 0.3) is 10.9 Å². The highest BCUT2D eigenvalue weighted by molar-refractivity contribution is 6.31. The smallest absolute Gasteiger partial charge is 0.0737 e. The molecule has 1 fully saturated rings. The third kappa shape index (κ3) is 2.44. The molecular formula is C15H17ClN2. The standard InChI is InChI=1S/C15H17ClN2/c16-12-5-6-13-14(7-8-17-15(13)9-12)18-10-11-3-1-2-4-11/h5-9,11H,1-4,10H2,(H,17,18). The Bertz CT molecular complexity index is 547. The van der Waals surface area contributed by atoms with Gasteiger partial charge in [-0.15, -0.1) is 0 Å². The van der Waals surface area contributed by atoms with Crippen molar-refractivity contribution in [3.05, 3.63) is 35.5 Å². The van der Waals surface area contributed by atoms with Gasteiger partial charge in [-0.05, 0) is 43.0 Å². The van der Waals surface area contributed by atoms with Gasteiger partial charge in [0.25, 0.3) is 0 Å². The molecule has 18 heavy (non-hydrogen) atoms. The second-order valence-corrected chi connectivity index (χ2v) is 5.49. The number of fused-ring (bicyclic) bond motifs is 1. The van der Waals surface area contributed by atoms with Crippen molar-refractivity contribution in [2.75, 3.05) is 11.9 Å². The molecule has 3 heteroatoms. The fraction of sp³-hybridized carbons (Fsp3) is 0.400. The molecule has 0 amide bonds. The molecule has 0 atom stereocenters. The maximum atomic E-state index is 5.99. The van der Waals surface area contributed by atoms with Crippen LogP contribution in [0.3, 0.4) is 0 Å². The average molecular weight is 261 g/mol. The first-order valence-corrected chi connectivity index (χ1v) is 6.99. The Balaban J connectivity index is 1.82. The van der Waals surface area contributed by atoms with Crippen molar-refractivity contribution >= 4 is 28.2 Å². The van der Waals surface area contributed by atoms with E-state index in [1.54, 1.807) is 0 Å². The molecule has 0 saturated heterocycles. The van der Waals surface area contributed by atoms with Crippen LogP contribution in [-0.2, 0) is 0 Å². The predicted octanol–water partition coefficient (Wildman–Crippen LogP) is 4.49. The first kappa shape index (κ1) is 11.8. The van der Waals surface area contributed by atoms with Gasteiger partial charge in [0.2, 0.25) is 0 Å². The number of pyridine rings is 1. The molecule has 1 aromatic heterocycles. The fourth-order valence-corrected chi connectivity index (χ4v) is 2.91. The minimum atomic E-state index is 0.739. The van der Waals surface area contributed by atoms with Crippen molar-refractivity contribution in [2.45, 2.75) is 25.7 Å². The van der Waals surface area contributed by atoms with E-state index in [4.69, 9.17) is 11.6 Å². The number of benzene rings is 1. The molecule has 0 aliphatic heterocycles. The van der Waals surface area contributed by atoms with Crippen molar-refractivity contribution in [2.24, 2.45) is 5.92 Å². The Kier molecular flexibility index (Phi) is 3.37. The van der Waals surface area contributed by atoms with Crippen LogP contribution in [0.2, 0.25) is 5.02 Å². The van der Waals surface area contributed by atoms with E-state index in [0.29, 0.717) is 0 Å². The Morgan fingerprint density at radius 2 is 2.06 bits per heavy atom. The summed E-state index contributed by atoms with van der Waals surface area (Å²) >= 11 is 5.99. The molecule has 3 rings (SSSR count). The maximum absolute atomic E-state index is 5.99. The Hall–Kier alpha value is -1.28. The van der Waals surface area contributed by atoms with E-state index >= 15 is 0 Å². The third-order valence-corrected chi connectivity index (χ3v) is 4.00. The molecule has 2 nitrogen and oxygen atoms in total. The van der Waals surface area contributed by atoms with Gasteiger partial charge < -0.3 is 5.32 Å². The largest absolute Gasteiger partial charge is 0.384 e. The van der Waals surface area contributed by atoms with E-state index in [9.17, 15) is 0 Å². The number of anilines is 1. The Morgan fingerprint density at radius 1 is 1.22 bits per heavy atom. The third-order valence-electron chi connectivity index (χ3n) is 3.76. The first-order chi connectivity index (χ1) is 8.83. The number of halogens is 1. The van der Waals surface area contributed by atoms with Gasteiger partial charge in [-0.3, -0.25) is 4.98 Å². The molecule has 1 heterocycles. The topological polar surface area (TPSA) is 24.9 Å². The molecule has 1 aliphatic rings. The summed E-state index contributed by atoms with van der Waals surface area (Å²) in [7, 11) is 0. The van der Waals surface area contributed by atoms with Crippen LogP contribution < -0.4 is 5.32 Å². The van der Waals surface area contributed by atoms with Crippen molar-refractivity contribution in [1.82, 2.24) is 4.98 Å². The fourth-order valence-electron chi connectivity index (χ4n) is 2.74. The summed E-state index contributed by atoms with van der Waals surface area (Å²) in [5, 5.41) is 5.46. The zero-order chi connectivity index (χ0) is 12.4. The van der Waals surface area contributed by atoms with E-state index in [1.165, 1.54) is 31.4 Å². The summed E-state index contributed by atoms with van der Waals surface area (Å²) < 4.78 is 0. The molecule has 1 aliphatic carbocycles. The molecule has 0 spiro atoms. The lowest BCUT2D eigenvalue weighted by molar-refractivity contribution is 0.580. The van der Waals surface area contributed by atoms with E-state index in [-0.39, 0.29) is 0 Å². The predicted molar refractivity (Wildman–Crippen MR) is 77.2 cm³/mol. The normalized spacial score (nSPS) is 16.3. The van der Waals surface area contributed by atoms with Crippen LogP contribution in [0.15, 0.2) is 30.5 Å². The van der Waals surface area contributed by atoms with E-state index in [1.807, 2.05) is 30.5 Å². The number of aromatic nitrogens is 1. The van der Waals surface area contributed by atoms with Gasteiger partial charge in [0.15, 0.2) is 0 Å². The van der Waals surface area contributed by atoms with Gasteiger partial charge >= 0.3 is 0 Å². The average Bonchev–Trinajstić information content (AvgIpc) is 2.89. The second-order valence-electron chi connectivity index (χ2n) is 5.05. The highest BCUT2D eigenvalue weighted by Gasteiger charge is 2.14. The summed E-state index contributed by atoms with van der Waals surface area (Å²) in [6.45, 7) is 1.07. The van der Waals surface area contributed by atoms with Crippen LogP contribution in [0.4, 0.5) is 5.69 Å². The number of hydrogen-bond acceptors (Lipinski definition) is 2. The van der Waals surface area contributed by atoms with Crippen LogP contribution in [0.5, 0.6) is 0 Å². The van der Waals surface area contributed by atoms with E-state index in [2.05, 4.69) is 10.3 Å². The minimum Gasteiger partial charge on any atom is -0.384 e. The summed E-state index contributed by atoms with van der Waals surface area (Å²) in [6.07, 6.45) is 7.34.